The molecule has 4 aromatic rings. The Morgan fingerprint density at radius 1 is 0.974 bits per heavy atom. The monoisotopic (exact) mass is 528 g/mol. The van der Waals surface area contributed by atoms with Crippen molar-refractivity contribution in [3.8, 4) is 17.2 Å². The number of ether oxygens (including phenoxy) is 3. The number of methoxy groups -OCH3 is 2. The van der Waals surface area contributed by atoms with Gasteiger partial charge in [-0.15, -0.1) is 0 Å². The van der Waals surface area contributed by atoms with Gasteiger partial charge in [0.05, 0.1) is 32.2 Å². The van der Waals surface area contributed by atoms with Gasteiger partial charge in [0.15, 0.2) is 0 Å². The molecule has 0 bridgehead atoms. The maximum atomic E-state index is 13.8. The lowest BCUT2D eigenvalue weighted by atomic mass is 9.91. The molecule has 8 heteroatoms. The first-order valence-electron chi connectivity index (χ1n) is 13.4. The number of hydrogen-bond donors (Lipinski definition) is 0. The van der Waals surface area contributed by atoms with E-state index in [9.17, 15) is 4.79 Å². The van der Waals surface area contributed by atoms with Crippen molar-refractivity contribution in [2.75, 3.05) is 51.9 Å². The van der Waals surface area contributed by atoms with E-state index in [1.807, 2.05) is 66.7 Å². The van der Waals surface area contributed by atoms with Crippen LogP contribution in [0.5, 0.6) is 17.2 Å². The second-order valence-corrected chi connectivity index (χ2v) is 9.79. The van der Waals surface area contributed by atoms with Crippen LogP contribution >= 0.6 is 0 Å². The Morgan fingerprint density at radius 3 is 2.38 bits per heavy atom. The fourth-order valence-corrected chi connectivity index (χ4v) is 5.28. The molecule has 0 aliphatic carbocycles. The van der Waals surface area contributed by atoms with Crippen molar-refractivity contribution in [1.82, 2.24) is 14.3 Å². The molecule has 0 N–H and O–H groups in total. The van der Waals surface area contributed by atoms with E-state index in [1.54, 1.807) is 14.2 Å². The van der Waals surface area contributed by atoms with E-state index < -0.39 is 0 Å². The molecule has 39 heavy (non-hydrogen) atoms. The molecule has 1 saturated heterocycles. The summed E-state index contributed by atoms with van der Waals surface area (Å²) in [7, 11) is 3.28. The second-order valence-electron chi connectivity index (χ2n) is 9.79. The van der Waals surface area contributed by atoms with Crippen LogP contribution in [0, 0.1) is 6.92 Å². The third-order valence-corrected chi connectivity index (χ3v) is 7.35. The van der Waals surface area contributed by atoms with E-state index in [0.717, 1.165) is 47.0 Å². The Balaban J connectivity index is 1.40. The molecule has 8 nitrogen and oxygen atoms in total. The summed E-state index contributed by atoms with van der Waals surface area (Å²) in [4.78, 5) is 22.7. The quantitative estimate of drug-likeness (QED) is 0.307. The molecule has 0 spiro atoms. The molecule has 2 aromatic heterocycles. The van der Waals surface area contributed by atoms with Gasteiger partial charge in [-0.2, -0.15) is 0 Å². The summed E-state index contributed by atoms with van der Waals surface area (Å²) in [6, 6.07) is 18.0. The number of pyridine rings is 1. The minimum Gasteiger partial charge on any atom is -0.497 e. The van der Waals surface area contributed by atoms with Gasteiger partial charge in [-0.25, -0.2) is 4.98 Å². The summed E-state index contributed by atoms with van der Waals surface area (Å²) in [5, 5.41) is 0. The van der Waals surface area contributed by atoms with Gasteiger partial charge in [-0.05, 0) is 61.4 Å². The summed E-state index contributed by atoms with van der Waals surface area (Å²) >= 11 is 0. The lowest BCUT2D eigenvalue weighted by Crippen LogP contribution is -2.49. The highest BCUT2D eigenvalue weighted by molar-refractivity contribution is 5.78. The molecule has 1 aliphatic rings. The summed E-state index contributed by atoms with van der Waals surface area (Å²) < 4.78 is 19.0. The SMILES string of the molecule is CCOc1ccccc1N1CCN(C(=O)CC(c2cc(OC)cc(OC)c2)c2cnc3cc(C)ccn23)CC1. The number of piperazine rings is 1. The standard InChI is InChI=1S/C31H36N4O4/c1-5-39-29-9-7-6-8-27(29)33-12-14-34(15-13-33)31(36)20-26(23-17-24(37-3)19-25(18-23)38-4)28-21-32-30-16-22(2)10-11-35(28)30/h6-11,16-19,21,26H,5,12-15,20H2,1-4H3. The number of aryl methyl sites for hydroxylation is 1. The Labute approximate surface area is 229 Å². The number of amides is 1. The summed E-state index contributed by atoms with van der Waals surface area (Å²) in [6.45, 7) is 7.47. The Kier molecular flexibility index (Phi) is 7.91. The molecule has 0 saturated carbocycles. The molecule has 1 atom stereocenters. The topological polar surface area (TPSA) is 68.5 Å². The van der Waals surface area contributed by atoms with E-state index in [1.165, 1.54) is 0 Å². The molecule has 204 valence electrons. The van der Waals surface area contributed by atoms with Gasteiger partial charge in [0, 0.05) is 57.0 Å². The molecule has 1 amide bonds. The van der Waals surface area contributed by atoms with Crippen molar-refractivity contribution in [1.29, 1.82) is 0 Å². The van der Waals surface area contributed by atoms with Crippen molar-refractivity contribution < 1.29 is 19.0 Å². The van der Waals surface area contributed by atoms with Gasteiger partial charge in [0.25, 0.3) is 0 Å². The predicted octanol–water partition coefficient (Wildman–Crippen LogP) is 4.93. The second kappa shape index (κ2) is 11.7. The first-order valence-corrected chi connectivity index (χ1v) is 13.4. The van der Waals surface area contributed by atoms with E-state index in [0.29, 0.717) is 37.6 Å². The first-order chi connectivity index (χ1) is 19.0. The molecule has 0 radical (unpaired) electrons. The summed E-state index contributed by atoms with van der Waals surface area (Å²) in [6.07, 6.45) is 4.21. The highest BCUT2D eigenvalue weighted by Crippen LogP contribution is 2.35. The van der Waals surface area contributed by atoms with Crippen LogP contribution in [0.1, 0.15) is 36.1 Å². The van der Waals surface area contributed by atoms with Crippen molar-refractivity contribution in [2.45, 2.75) is 26.2 Å². The van der Waals surface area contributed by atoms with Crippen molar-refractivity contribution in [2.24, 2.45) is 0 Å². The van der Waals surface area contributed by atoms with Gasteiger partial charge < -0.3 is 28.4 Å². The summed E-state index contributed by atoms with van der Waals surface area (Å²) in [5.41, 5.74) is 4.98. The smallest absolute Gasteiger partial charge is 0.223 e. The van der Waals surface area contributed by atoms with Crippen LogP contribution in [0.25, 0.3) is 5.65 Å². The minimum absolute atomic E-state index is 0.113. The third-order valence-electron chi connectivity index (χ3n) is 7.35. The molecular formula is C31H36N4O4. The van der Waals surface area contributed by atoms with Gasteiger partial charge in [0.1, 0.15) is 22.9 Å². The van der Waals surface area contributed by atoms with E-state index in [-0.39, 0.29) is 11.8 Å². The lowest BCUT2D eigenvalue weighted by molar-refractivity contribution is -0.131. The number of carbonyl (C=O) groups is 1. The number of aromatic nitrogens is 2. The first kappa shape index (κ1) is 26.4. The maximum Gasteiger partial charge on any atom is 0.223 e. The molecule has 1 fully saturated rings. The maximum absolute atomic E-state index is 13.8. The fourth-order valence-electron chi connectivity index (χ4n) is 5.28. The zero-order valence-electron chi connectivity index (χ0n) is 23.1. The number of hydrogen-bond acceptors (Lipinski definition) is 6. The number of anilines is 1. The van der Waals surface area contributed by atoms with Crippen LogP contribution < -0.4 is 19.1 Å². The van der Waals surface area contributed by atoms with Crippen LogP contribution in [0.4, 0.5) is 5.69 Å². The molecule has 2 aromatic carbocycles. The zero-order valence-corrected chi connectivity index (χ0v) is 23.1. The van der Waals surface area contributed by atoms with Crippen molar-refractivity contribution >= 4 is 17.2 Å². The number of carbonyl (C=O) groups excluding carboxylic acids is 1. The number of nitrogens with zero attached hydrogens (tertiary/aromatic N) is 4. The van der Waals surface area contributed by atoms with Gasteiger partial charge in [-0.1, -0.05) is 12.1 Å². The van der Waals surface area contributed by atoms with E-state index >= 15 is 0 Å². The minimum atomic E-state index is -0.226. The zero-order chi connectivity index (χ0) is 27.4. The fraction of sp³-hybridized carbons (Fsp3) is 0.355. The average Bonchev–Trinajstić information content (AvgIpc) is 3.38. The van der Waals surface area contributed by atoms with Gasteiger partial charge in [-0.3, -0.25) is 4.79 Å². The normalized spacial score (nSPS) is 14.4. The molecule has 1 unspecified atom stereocenters. The van der Waals surface area contributed by atoms with Crippen LogP contribution in [-0.2, 0) is 4.79 Å². The third kappa shape index (κ3) is 5.65. The van der Waals surface area contributed by atoms with Gasteiger partial charge >= 0.3 is 0 Å². The lowest BCUT2D eigenvalue weighted by Gasteiger charge is -2.37. The number of benzene rings is 2. The van der Waals surface area contributed by atoms with Crippen LogP contribution in [0.3, 0.4) is 0 Å². The van der Waals surface area contributed by atoms with E-state index in [4.69, 9.17) is 14.2 Å². The average molecular weight is 529 g/mol. The Hall–Kier alpha value is -4.20. The largest absolute Gasteiger partial charge is 0.497 e. The molecule has 1 aliphatic heterocycles. The van der Waals surface area contributed by atoms with Crippen LogP contribution in [-0.4, -0.2) is 67.2 Å². The number of para-hydroxylation sites is 2. The van der Waals surface area contributed by atoms with Gasteiger partial charge in [0.2, 0.25) is 5.91 Å². The van der Waals surface area contributed by atoms with Crippen LogP contribution in [0.15, 0.2) is 67.0 Å². The molecular weight excluding hydrogens is 492 g/mol. The molecule has 5 rings (SSSR count). The number of rotatable bonds is 9. The van der Waals surface area contributed by atoms with Crippen molar-refractivity contribution in [3.63, 3.8) is 0 Å². The Morgan fingerprint density at radius 2 is 1.69 bits per heavy atom. The van der Waals surface area contributed by atoms with Crippen molar-refractivity contribution in [3.05, 3.63) is 83.8 Å². The van der Waals surface area contributed by atoms with Crippen LogP contribution in [0.2, 0.25) is 0 Å². The predicted molar refractivity (Wildman–Crippen MR) is 152 cm³/mol. The Bertz CT molecular complexity index is 1420. The van der Waals surface area contributed by atoms with E-state index in [2.05, 4.69) is 33.3 Å². The molecule has 3 heterocycles. The number of fused-ring (bicyclic) bond motifs is 1. The highest BCUT2D eigenvalue weighted by atomic mass is 16.5. The highest BCUT2D eigenvalue weighted by Gasteiger charge is 2.28. The summed E-state index contributed by atoms with van der Waals surface area (Å²) in [5.74, 6) is 2.15. The number of imidazole rings is 1.